The summed E-state index contributed by atoms with van der Waals surface area (Å²) < 4.78 is 0. The first-order chi connectivity index (χ1) is 11.0. The maximum Gasteiger partial charge on any atom is 0.198 e. The summed E-state index contributed by atoms with van der Waals surface area (Å²) in [5.41, 5.74) is 4.15. The Kier molecular flexibility index (Phi) is 4.41. The van der Waals surface area contributed by atoms with Crippen molar-refractivity contribution in [2.75, 3.05) is 52.2 Å². The van der Waals surface area contributed by atoms with Gasteiger partial charge in [-0.05, 0) is 25.1 Å². The average molecular weight is 316 g/mol. The second-order valence-corrected chi connectivity index (χ2v) is 7.07. The zero-order valence-electron chi connectivity index (χ0n) is 14.6. The lowest BCUT2D eigenvalue weighted by atomic mass is 10.1. The van der Waals surface area contributed by atoms with Crippen LogP contribution in [0, 0.1) is 6.92 Å². The van der Waals surface area contributed by atoms with Crippen molar-refractivity contribution in [2.24, 2.45) is 0 Å². The van der Waals surface area contributed by atoms with Crippen molar-refractivity contribution in [2.45, 2.75) is 13.5 Å². The molecule has 0 saturated carbocycles. The Hall–Kier alpha value is -1.85. The fourth-order valence-corrected chi connectivity index (χ4v) is 3.39. The molecule has 1 aromatic heterocycles. The number of nitrogens with one attached hydrogen (secondary N) is 3. The summed E-state index contributed by atoms with van der Waals surface area (Å²) in [4.78, 5) is 21.6. The summed E-state index contributed by atoms with van der Waals surface area (Å²) in [6, 6.07) is 6.06. The van der Waals surface area contributed by atoms with Crippen LogP contribution in [0.4, 0.5) is 5.69 Å². The van der Waals surface area contributed by atoms with Crippen LogP contribution < -0.4 is 20.1 Å². The first-order valence-corrected chi connectivity index (χ1v) is 8.43. The van der Waals surface area contributed by atoms with Gasteiger partial charge in [-0.3, -0.25) is 4.79 Å². The largest absolute Gasteiger partial charge is 0.378 e. The van der Waals surface area contributed by atoms with Crippen LogP contribution >= 0.6 is 0 Å². The second kappa shape index (κ2) is 6.34. The Bertz CT molecular complexity index is 757. The molecule has 0 aliphatic carbocycles. The van der Waals surface area contributed by atoms with Crippen molar-refractivity contribution < 1.29 is 9.80 Å². The summed E-state index contributed by atoms with van der Waals surface area (Å²) in [6.45, 7) is 7.50. The summed E-state index contributed by atoms with van der Waals surface area (Å²) in [5.74, 6) is 0. The van der Waals surface area contributed by atoms with Gasteiger partial charge in [0.15, 0.2) is 5.43 Å². The smallest absolute Gasteiger partial charge is 0.198 e. The number of anilines is 1. The number of piperazine rings is 1. The number of quaternary nitrogens is 2. The molecule has 0 spiro atoms. The van der Waals surface area contributed by atoms with E-state index < -0.39 is 0 Å². The van der Waals surface area contributed by atoms with E-state index in [1.54, 1.807) is 4.90 Å². The highest BCUT2D eigenvalue weighted by Gasteiger charge is 2.22. The van der Waals surface area contributed by atoms with Crippen molar-refractivity contribution in [3.8, 4) is 0 Å². The number of benzene rings is 1. The molecule has 3 rings (SSSR count). The third-order valence-electron chi connectivity index (χ3n) is 5.05. The molecule has 0 radical (unpaired) electrons. The van der Waals surface area contributed by atoms with E-state index in [1.165, 1.54) is 18.0 Å². The van der Waals surface area contributed by atoms with E-state index in [0.29, 0.717) is 0 Å². The molecule has 0 unspecified atom stereocenters. The van der Waals surface area contributed by atoms with Crippen LogP contribution in [0.25, 0.3) is 10.9 Å². The van der Waals surface area contributed by atoms with Crippen LogP contribution in [-0.2, 0) is 6.54 Å². The predicted octanol–water partition coefficient (Wildman–Crippen LogP) is -1.18. The zero-order valence-corrected chi connectivity index (χ0v) is 14.6. The minimum Gasteiger partial charge on any atom is -0.378 e. The number of hydrogen-bond donors (Lipinski definition) is 3. The Morgan fingerprint density at radius 2 is 1.87 bits per heavy atom. The standard InChI is InChI=1S/C18H26N4O/c1-13-16(12-22-9-7-21(4)8-10-22)18(23)15-11-14(20(2)3)5-6-17(15)19-13/h5-6,11H,7-10,12H2,1-4H3,(H,19,23)/p+2. The molecular formula is C18H28N4O+2. The third kappa shape index (κ3) is 3.26. The molecular weight excluding hydrogens is 288 g/mol. The van der Waals surface area contributed by atoms with E-state index >= 15 is 0 Å². The Labute approximate surface area is 137 Å². The lowest BCUT2D eigenvalue weighted by molar-refractivity contribution is -1.01. The average Bonchev–Trinajstić information content (AvgIpc) is 2.53. The van der Waals surface area contributed by atoms with Gasteiger partial charge in [-0.2, -0.15) is 0 Å². The Balaban J connectivity index is 1.98. The summed E-state index contributed by atoms with van der Waals surface area (Å²) in [7, 11) is 6.25. The molecule has 0 bridgehead atoms. The molecule has 1 saturated heterocycles. The zero-order chi connectivity index (χ0) is 16.6. The summed E-state index contributed by atoms with van der Waals surface area (Å²) in [6.07, 6.45) is 0. The quantitative estimate of drug-likeness (QED) is 0.667. The molecule has 23 heavy (non-hydrogen) atoms. The lowest BCUT2D eigenvalue weighted by Gasteiger charge is -2.27. The fraction of sp³-hybridized carbons (Fsp3) is 0.500. The molecule has 1 aliphatic heterocycles. The highest BCUT2D eigenvalue weighted by molar-refractivity contribution is 5.83. The van der Waals surface area contributed by atoms with Gasteiger partial charge >= 0.3 is 0 Å². The fourth-order valence-electron chi connectivity index (χ4n) is 3.39. The maximum atomic E-state index is 13.0. The number of likely N-dealkylation sites (N-methyl/N-ethyl adjacent to an activating group) is 1. The second-order valence-electron chi connectivity index (χ2n) is 7.07. The van der Waals surface area contributed by atoms with Gasteiger partial charge in [-0.15, -0.1) is 0 Å². The first kappa shape index (κ1) is 16.0. The van der Waals surface area contributed by atoms with Crippen molar-refractivity contribution >= 4 is 16.6 Å². The van der Waals surface area contributed by atoms with Gasteiger partial charge in [0.05, 0.1) is 12.6 Å². The number of rotatable bonds is 3. The number of H-pyrrole nitrogens is 1. The molecule has 1 aromatic carbocycles. The topological polar surface area (TPSA) is 45.0 Å². The van der Waals surface area contributed by atoms with Gasteiger partial charge in [0.1, 0.15) is 32.7 Å². The van der Waals surface area contributed by atoms with Gasteiger partial charge in [-0.1, -0.05) is 0 Å². The van der Waals surface area contributed by atoms with E-state index in [0.717, 1.165) is 47.5 Å². The van der Waals surface area contributed by atoms with Crippen LogP contribution in [0.5, 0.6) is 0 Å². The van der Waals surface area contributed by atoms with Crippen LogP contribution in [0.15, 0.2) is 23.0 Å². The number of pyridine rings is 1. The SMILES string of the molecule is Cc1[nH]c2ccc(N(C)C)cc2c(=O)c1C[NH+]1CC[NH+](C)CC1. The van der Waals surface area contributed by atoms with Gasteiger partial charge in [0, 0.05) is 36.4 Å². The molecule has 124 valence electrons. The normalized spacial score (nSPS) is 21.6. The Morgan fingerprint density at radius 1 is 1.17 bits per heavy atom. The molecule has 0 amide bonds. The maximum absolute atomic E-state index is 13.0. The van der Waals surface area contributed by atoms with Crippen LogP contribution in [-0.4, -0.2) is 52.3 Å². The molecule has 5 heteroatoms. The minimum absolute atomic E-state index is 0.193. The number of hydrogen-bond acceptors (Lipinski definition) is 2. The van der Waals surface area contributed by atoms with Gasteiger partial charge < -0.3 is 19.7 Å². The van der Waals surface area contributed by atoms with E-state index in [9.17, 15) is 4.79 Å². The number of nitrogens with zero attached hydrogens (tertiary/aromatic N) is 1. The van der Waals surface area contributed by atoms with Crippen molar-refractivity contribution in [3.05, 3.63) is 39.7 Å². The van der Waals surface area contributed by atoms with Crippen LogP contribution in [0.2, 0.25) is 0 Å². The summed E-state index contributed by atoms with van der Waals surface area (Å²) >= 11 is 0. The lowest BCUT2D eigenvalue weighted by Crippen LogP contribution is -3.26. The van der Waals surface area contributed by atoms with Gasteiger partial charge in [0.25, 0.3) is 0 Å². The predicted molar refractivity (Wildman–Crippen MR) is 94.7 cm³/mol. The van der Waals surface area contributed by atoms with Crippen molar-refractivity contribution in [3.63, 3.8) is 0 Å². The van der Waals surface area contributed by atoms with E-state index in [4.69, 9.17) is 0 Å². The van der Waals surface area contributed by atoms with Crippen molar-refractivity contribution in [1.82, 2.24) is 4.98 Å². The Morgan fingerprint density at radius 3 is 2.52 bits per heavy atom. The molecule has 2 aromatic rings. The van der Waals surface area contributed by atoms with E-state index in [-0.39, 0.29) is 5.43 Å². The minimum atomic E-state index is 0.193. The number of fused-ring (bicyclic) bond motifs is 1. The number of aryl methyl sites for hydroxylation is 1. The highest BCUT2D eigenvalue weighted by Crippen LogP contribution is 2.18. The number of aromatic amines is 1. The first-order valence-electron chi connectivity index (χ1n) is 8.43. The molecule has 3 N–H and O–H groups in total. The number of aromatic nitrogens is 1. The monoisotopic (exact) mass is 316 g/mol. The van der Waals surface area contributed by atoms with Crippen LogP contribution in [0.1, 0.15) is 11.3 Å². The van der Waals surface area contributed by atoms with E-state index in [1.807, 2.05) is 44.1 Å². The molecule has 5 nitrogen and oxygen atoms in total. The third-order valence-corrected chi connectivity index (χ3v) is 5.05. The molecule has 2 heterocycles. The summed E-state index contributed by atoms with van der Waals surface area (Å²) in [5, 5.41) is 0.802. The molecule has 1 aliphatic rings. The molecule has 0 atom stereocenters. The van der Waals surface area contributed by atoms with Crippen molar-refractivity contribution in [1.29, 1.82) is 0 Å². The van der Waals surface area contributed by atoms with Gasteiger partial charge in [-0.25, -0.2) is 0 Å². The van der Waals surface area contributed by atoms with Crippen LogP contribution in [0.3, 0.4) is 0 Å². The highest BCUT2D eigenvalue weighted by atomic mass is 16.1. The van der Waals surface area contributed by atoms with E-state index in [2.05, 4.69) is 12.0 Å². The van der Waals surface area contributed by atoms with Gasteiger partial charge in [0.2, 0.25) is 0 Å². The molecule has 1 fully saturated rings.